The zero-order chi connectivity index (χ0) is 13.0. The van der Waals surface area contributed by atoms with Crippen LogP contribution in [0.4, 0.5) is 5.95 Å². The molecule has 2 rings (SSSR count). The first kappa shape index (κ1) is 12.6. The molecule has 2 heterocycles. The molecule has 1 unspecified atom stereocenters. The second kappa shape index (κ2) is 5.64. The summed E-state index contributed by atoms with van der Waals surface area (Å²) in [5, 5.41) is 3.32. The van der Waals surface area contributed by atoms with Gasteiger partial charge in [-0.15, -0.1) is 0 Å². The van der Waals surface area contributed by atoms with Gasteiger partial charge in [0.1, 0.15) is 0 Å². The Bertz CT molecular complexity index is 509. The zero-order valence-electron chi connectivity index (χ0n) is 10.9. The summed E-state index contributed by atoms with van der Waals surface area (Å²) in [7, 11) is 1.69. The normalized spacial score (nSPS) is 12.4. The smallest absolute Gasteiger partial charge is 0.207 e. The van der Waals surface area contributed by atoms with Gasteiger partial charge < -0.3 is 10.1 Å². The van der Waals surface area contributed by atoms with Crippen LogP contribution in [-0.2, 0) is 4.74 Å². The van der Waals surface area contributed by atoms with Crippen molar-refractivity contribution in [2.75, 3.05) is 19.0 Å². The van der Waals surface area contributed by atoms with Crippen LogP contribution in [0.5, 0.6) is 0 Å². The van der Waals surface area contributed by atoms with E-state index in [1.165, 1.54) is 0 Å². The van der Waals surface area contributed by atoms with Gasteiger partial charge in [-0.05, 0) is 26.0 Å². The Morgan fingerprint density at radius 2 is 2.22 bits per heavy atom. The Hall–Kier alpha value is -1.88. The van der Waals surface area contributed by atoms with E-state index in [1.54, 1.807) is 19.5 Å². The molecular weight excluding hydrogens is 228 g/mol. The van der Waals surface area contributed by atoms with Crippen LogP contribution in [0, 0.1) is 6.92 Å². The van der Waals surface area contributed by atoms with Gasteiger partial charge in [-0.25, -0.2) is 4.98 Å². The molecule has 1 atom stereocenters. The number of hydrogen-bond acceptors (Lipinski definition) is 4. The number of aromatic nitrogens is 3. The highest BCUT2D eigenvalue weighted by atomic mass is 16.5. The van der Waals surface area contributed by atoms with E-state index in [2.05, 4.69) is 22.2 Å². The molecule has 0 aliphatic rings. The van der Waals surface area contributed by atoms with Crippen LogP contribution in [0.3, 0.4) is 0 Å². The molecule has 96 valence electrons. The number of nitrogens with one attached hydrogen (secondary N) is 1. The van der Waals surface area contributed by atoms with E-state index in [0.717, 1.165) is 17.3 Å². The number of anilines is 1. The van der Waals surface area contributed by atoms with E-state index in [1.807, 2.05) is 29.8 Å². The van der Waals surface area contributed by atoms with Gasteiger partial charge in [0.15, 0.2) is 0 Å². The third-order valence-corrected chi connectivity index (χ3v) is 2.67. The lowest BCUT2D eigenvalue weighted by Crippen LogP contribution is -2.23. The molecule has 0 bridgehead atoms. The molecule has 0 aliphatic carbocycles. The minimum absolute atomic E-state index is 0.202. The Morgan fingerprint density at radius 1 is 1.39 bits per heavy atom. The summed E-state index contributed by atoms with van der Waals surface area (Å²) in [6.45, 7) is 4.68. The van der Waals surface area contributed by atoms with Crippen molar-refractivity contribution in [3.63, 3.8) is 0 Å². The van der Waals surface area contributed by atoms with Crippen LogP contribution >= 0.6 is 0 Å². The number of ether oxygens (including phenoxy) is 1. The molecule has 2 aromatic rings. The van der Waals surface area contributed by atoms with Gasteiger partial charge in [0.25, 0.3) is 0 Å². The summed E-state index contributed by atoms with van der Waals surface area (Å²) < 4.78 is 7.10. The number of methoxy groups -OCH3 is 1. The van der Waals surface area contributed by atoms with Crippen molar-refractivity contribution in [1.29, 1.82) is 0 Å². The van der Waals surface area contributed by atoms with Crippen molar-refractivity contribution in [3.05, 3.63) is 36.4 Å². The standard InChI is InChI=1S/C13H18N4O/c1-10(9-18-3)16-13-15-7-8-17(13)12-5-4-6-14-11(12)2/h4-8,10H,9H2,1-3H3,(H,15,16). The number of nitrogens with zero attached hydrogens (tertiary/aromatic N) is 3. The molecule has 0 spiro atoms. The predicted octanol–water partition coefficient (Wildman–Crippen LogP) is 2.02. The minimum atomic E-state index is 0.202. The number of hydrogen-bond donors (Lipinski definition) is 1. The predicted molar refractivity (Wildman–Crippen MR) is 71.1 cm³/mol. The maximum Gasteiger partial charge on any atom is 0.207 e. The van der Waals surface area contributed by atoms with E-state index in [4.69, 9.17) is 4.74 Å². The Labute approximate surface area is 107 Å². The lowest BCUT2D eigenvalue weighted by molar-refractivity contribution is 0.190. The van der Waals surface area contributed by atoms with E-state index >= 15 is 0 Å². The molecule has 0 saturated heterocycles. The van der Waals surface area contributed by atoms with E-state index in [9.17, 15) is 0 Å². The van der Waals surface area contributed by atoms with Crippen molar-refractivity contribution in [2.45, 2.75) is 19.9 Å². The summed E-state index contributed by atoms with van der Waals surface area (Å²) >= 11 is 0. The summed E-state index contributed by atoms with van der Waals surface area (Å²) in [6, 6.07) is 4.15. The molecule has 0 radical (unpaired) electrons. The first-order valence-corrected chi connectivity index (χ1v) is 5.93. The molecular formula is C13H18N4O. The highest BCUT2D eigenvalue weighted by Crippen LogP contribution is 2.17. The van der Waals surface area contributed by atoms with Crippen LogP contribution in [-0.4, -0.2) is 34.3 Å². The summed E-state index contributed by atoms with van der Waals surface area (Å²) in [5.41, 5.74) is 2.00. The molecule has 18 heavy (non-hydrogen) atoms. The fourth-order valence-electron chi connectivity index (χ4n) is 1.85. The van der Waals surface area contributed by atoms with Crippen molar-refractivity contribution >= 4 is 5.95 Å². The fourth-order valence-corrected chi connectivity index (χ4v) is 1.85. The van der Waals surface area contributed by atoms with Gasteiger partial charge >= 0.3 is 0 Å². The monoisotopic (exact) mass is 246 g/mol. The molecule has 0 amide bonds. The van der Waals surface area contributed by atoms with Crippen LogP contribution < -0.4 is 5.32 Å². The number of rotatable bonds is 5. The maximum atomic E-state index is 5.11. The Balaban J connectivity index is 2.25. The minimum Gasteiger partial charge on any atom is -0.383 e. The lowest BCUT2D eigenvalue weighted by atomic mass is 10.3. The van der Waals surface area contributed by atoms with Crippen molar-refractivity contribution in [3.8, 4) is 5.69 Å². The summed E-state index contributed by atoms with van der Waals surface area (Å²) in [6.07, 6.45) is 5.48. The Kier molecular flexibility index (Phi) is 3.94. The molecule has 0 saturated carbocycles. The number of imidazole rings is 1. The number of pyridine rings is 1. The average Bonchev–Trinajstić information content (AvgIpc) is 2.78. The van der Waals surface area contributed by atoms with E-state index in [0.29, 0.717) is 6.61 Å². The third-order valence-electron chi connectivity index (χ3n) is 2.67. The van der Waals surface area contributed by atoms with E-state index in [-0.39, 0.29) is 6.04 Å². The second-order valence-electron chi connectivity index (χ2n) is 4.23. The molecule has 5 heteroatoms. The van der Waals surface area contributed by atoms with Crippen LogP contribution in [0.25, 0.3) is 5.69 Å². The largest absolute Gasteiger partial charge is 0.383 e. The second-order valence-corrected chi connectivity index (χ2v) is 4.23. The van der Waals surface area contributed by atoms with Gasteiger partial charge in [0, 0.05) is 31.7 Å². The molecule has 5 nitrogen and oxygen atoms in total. The molecule has 0 aliphatic heterocycles. The van der Waals surface area contributed by atoms with Crippen LogP contribution in [0.1, 0.15) is 12.6 Å². The van der Waals surface area contributed by atoms with Crippen molar-refractivity contribution < 1.29 is 4.74 Å². The summed E-state index contributed by atoms with van der Waals surface area (Å²) in [4.78, 5) is 8.62. The first-order chi connectivity index (χ1) is 8.72. The number of aryl methyl sites for hydroxylation is 1. The fraction of sp³-hybridized carbons (Fsp3) is 0.385. The van der Waals surface area contributed by atoms with Gasteiger partial charge in [-0.3, -0.25) is 9.55 Å². The first-order valence-electron chi connectivity index (χ1n) is 5.93. The highest BCUT2D eigenvalue weighted by molar-refractivity contribution is 5.44. The van der Waals surface area contributed by atoms with Gasteiger partial charge in [-0.1, -0.05) is 0 Å². The lowest BCUT2D eigenvalue weighted by Gasteiger charge is -2.15. The molecule has 1 N–H and O–H groups in total. The quantitative estimate of drug-likeness (QED) is 0.877. The van der Waals surface area contributed by atoms with E-state index < -0.39 is 0 Å². The van der Waals surface area contributed by atoms with Gasteiger partial charge in [0.05, 0.1) is 18.0 Å². The Morgan fingerprint density at radius 3 is 2.94 bits per heavy atom. The van der Waals surface area contributed by atoms with Crippen molar-refractivity contribution in [1.82, 2.24) is 14.5 Å². The molecule has 2 aromatic heterocycles. The average molecular weight is 246 g/mol. The zero-order valence-corrected chi connectivity index (χ0v) is 10.9. The van der Waals surface area contributed by atoms with Gasteiger partial charge in [0.2, 0.25) is 5.95 Å². The summed E-state index contributed by atoms with van der Waals surface area (Å²) in [5.74, 6) is 0.802. The van der Waals surface area contributed by atoms with Crippen LogP contribution in [0.15, 0.2) is 30.7 Å². The maximum absolute atomic E-state index is 5.11. The topological polar surface area (TPSA) is 52.0 Å². The van der Waals surface area contributed by atoms with Gasteiger partial charge in [-0.2, -0.15) is 0 Å². The van der Waals surface area contributed by atoms with Crippen molar-refractivity contribution in [2.24, 2.45) is 0 Å². The highest BCUT2D eigenvalue weighted by Gasteiger charge is 2.09. The SMILES string of the molecule is COCC(C)Nc1nccn1-c1cccnc1C. The van der Waals surface area contributed by atoms with Crippen LogP contribution in [0.2, 0.25) is 0 Å². The third kappa shape index (κ3) is 2.68. The molecule has 0 aromatic carbocycles. The molecule has 0 fully saturated rings.